The van der Waals surface area contributed by atoms with Crippen LogP contribution in [-0.4, -0.2) is 105 Å². The van der Waals surface area contributed by atoms with Crippen LogP contribution in [0.5, 0.6) is 17.2 Å². The molecule has 254 valence electrons. The largest absolute Gasteiger partial charge is 0.507 e. The standard InChI is InChI=1S/C33H39NO13/c1-12-27(37)18(36)9-22(44-12)47-32-13(2)45-21(8-17(32)34)46-20-11-33(42,14(3)35)10-16-24(20)31(41)26-25(29(16)39)28(38)15-6-5-7-19(43-4)23(15)30(26)40/h5-7,12-13,17-18,20-22,27,32,36-37,39,41-42H,8-11,34H2,1-4H3/t12-,13-,17-,18-,20-,21-,22-,27+,32+,33-/m0/s1. The summed E-state index contributed by atoms with van der Waals surface area (Å²) >= 11 is 0. The Labute approximate surface area is 269 Å². The Kier molecular flexibility index (Phi) is 8.68. The van der Waals surface area contributed by atoms with E-state index in [-0.39, 0.29) is 47.3 Å². The van der Waals surface area contributed by atoms with E-state index in [9.17, 15) is 39.9 Å². The van der Waals surface area contributed by atoms with Gasteiger partial charge in [0.25, 0.3) is 0 Å². The Hall–Kier alpha value is -3.47. The SMILES string of the molecule is COc1cccc2c1C(=O)c1c(O)c3c(c(O)c1C2=O)C[C@@](O)(C(C)=O)C[C@@H]3O[C@H]1C[C@H](N)[C@H](O[C@H]2C[C@H](O)[C@H](O)[C@H](C)O2)[C@H](C)O1. The number of phenols is 2. The van der Waals surface area contributed by atoms with E-state index in [1.165, 1.54) is 32.2 Å². The number of hydrogen-bond acceptors (Lipinski definition) is 14. The number of hydrogen-bond donors (Lipinski definition) is 6. The number of ether oxygens (including phenoxy) is 5. The number of carbonyl (C=O) groups is 3. The maximum absolute atomic E-state index is 13.8. The average molecular weight is 658 g/mol. The van der Waals surface area contributed by atoms with Gasteiger partial charge in [-0.05, 0) is 26.8 Å². The van der Waals surface area contributed by atoms with Crippen molar-refractivity contribution < 1.29 is 63.6 Å². The number of phenolic OH excluding ortho intramolecular Hbond substituents is 2. The highest BCUT2D eigenvalue weighted by Crippen LogP contribution is 2.52. The van der Waals surface area contributed by atoms with Crippen LogP contribution in [0.4, 0.5) is 0 Å². The molecule has 2 aliphatic heterocycles. The van der Waals surface area contributed by atoms with E-state index in [1.54, 1.807) is 13.8 Å². The fraction of sp³-hybridized carbons (Fsp3) is 0.545. The molecule has 2 aromatic rings. The smallest absolute Gasteiger partial charge is 0.202 e. The molecule has 7 N–H and O–H groups in total. The zero-order valence-electron chi connectivity index (χ0n) is 26.3. The molecular formula is C33H39NO13. The average Bonchev–Trinajstić information content (AvgIpc) is 3.01. The minimum Gasteiger partial charge on any atom is -0.507 e. The zero-order chi connectivity index (χ0) is 34.1. The number of fused-ring (bicyclic) bond motifs is 3. The van der Waals surface area contributed by atoms with Gasteiger partial charge in [0.15, 0.2) is 24.1 Å². The zero-order valence-corrected chi connectivity index (χ0v) is 26.3. The van der Waals surface area contributed by atoms with Crippen molar-refractivity contribution in [1.82, 2.24) is 0 Å². The van der Waals surface area contributed by atoms with E-state index >= 15 is 0 Å². The summed E-state index contributed by atoms with van der Waals surface area (Å²) < 4.78 is 29.4. The molecule has 14 nitrogen and oxygen atoms in total. The molecule has 10 atom stereocenters. The fourth-order valence-corrected chi connectivity index (χ4v) is 7.15. The van der Waals surface area contributed by atoms with Gasteiger partial charge in [0.1, 0.15) is 35.1 Å². The Morgan fingerprint density at radius 1 is 0.957 bits per heavy atom. The highest BCUT2D eigenvalue weighted by atomic mass is 16.7. The molecule has 0 aromatic heterocycles. The number of nitrogens with two attached hydrogens (primary N) is 1. The molecule has 0 radical (unpaired) electrons. The molecule has 4 aliphatic rings. The van der Waals surface area contributed by atoms with Gasteiger partial charge in [0.05, 0.1) is 48.2 Å². The Balaban J connectivity index is 1.33. The Morgan fingerprint density at radius 3 is 2.26 bits per heavy atom. The van der Waals surface area contributed by atoms with Crippen LogP contribution in [0.1, 0.15) is 89.1 Å². The molecule has 0 spiro atoms. The summed E-state index contributed by atoms with van der Waals surface area (Å²) in [5, 5.41) is 54.8. The summed E-state index contributed by atoms with van der Waals surface area (Å²) in [6.45, 7) is 4.48. The summed E-state index contributed by atoms with van der Waals surface area (Å²) in [4.78, 5) is 40.2. The minimum absolute atomic E-state index is 0.0223. The van der Waals surface area contributed by atoms with Crippen LogP contribution in [0.15, 0.2) is 18.2 Å². The van der Waals surface area contributed by atoms with Crippen molar-refractivity contribution in [2.45, 2.75) is 107 Å². The number of ketones is 3. The molecule has 0 amide bonds. The van der Waals surface area contributed by atoms with Crippen LogP contribution < -0.4 is 10.5 Å². The lowest BCUT2D eigenvalue weighted by atomic mass is 9.72. The number of methoxy groups -OCH3 is 1. The summed E-state index contributed by atoms with van der Waals surface area (Å²) in [6.07, 6.45) is -8.10. The maximum atomic E-state index is 13.8. The van der Waals surface area contributed by atoms with Crippen molar-refractivity contribution in [3.8, 4) is 17.2 Å². The van der Waals surface area contributed by atoms with Crippen LogP contribution in [0.25, 0.3) is 0 Å². The van der Waals surface area contributed by atoms with Gasteiger partial charge in [-0.1, -0.05) is 12.1 Å². The van der Waals surface area contributed by atoms with Crippen molar-refractivity contribution >= 4 is 17.3 Å². The number of aliphatic hydroxyl groups is 3. The van der Waals surface area contributed by atoms with E-state index < -0.39 is 107 Å². The van der Waals surface area contributed by atoms with Gasteiger partial charge in [0, 0.05) is 48.4 Å². The van der Waals surface area contributed by atoms with E-state index in [1.807, 2.05) is 0 Å². The lowest BCUT2D eigenvalue weighted by Gasteiger charge is -2.44. The van der Waals surface area contributed by atoms with Crippen LogP contribution in [0, 0.1) is 0 Å². The third-order valence-corrected chi connectivity index (χ3v) is 9.75. The first-order valence-corrected chi connectivity index (χ1v) is 15.5. The molecule has 14 heteroatoms. The normalized spacial score (nSPS) is 35.1. The Morgan fingerprint density at radius 2 is 1.62 bits per heavy atom. The molecule has 2 saturated heterocycles. The van der Waals surface area contributed by atoms with Crippen molar-refractivity contribution in [2.75, 3.05) is 7.11 Å². The summed E-state index contributed by atoms with van der Waals surface area (Å²) in [7, 11) is 1.33. The number of aromatic hydroxyl groups is 2. The van der Waals surface area contributed by atoms with E-state index in [0.717, 1.165) is 0 Å². The van der Waals surface area contributed by atoms with Gasteiger partial charge < -0.3 is 55.0 Å². The van der Waals surface area contributed by atoms with E-state index in [2.05, 4.69) is 0 Å². The van der Waals surface area contributed by atoms with Crippen LogP contribution >= 0.6 is 0 Å². The van der Waals surface area contributed by atoms with Crippen LogP contribution in [-0.2, 0) is 30.2 Å². The van der Waals surface area contributed by atoms with Crippen molar-refractivity contribution in [2.24, 2.45) is 5.73 Å². The lowest BCUT2D eigenvalue weighted by molar-refractivity contribution is -0.302. The summed E-state index contributed by atoms with van der Waals surface area (Å²) in [5.74, 6) is -3.30. The minimum atomic E-state index is -2.05. The number of Topliss-reactive ketones (excluding diaryl/α,β-unsaturated/α-hetero) is 1. The second-order valence-corrected chi connectivity index (χ2v) is 12.8. The summed E-state index contributed by atoms with van der Waals surface area (Å²) in [5.41, 5.74) is 3.27. The quantitative estimate of drug-likeness (QED) is 0.203. The van der Waals surface area contributed by atoms with Gasteiger partial charge in [0.2, 0.25) is 5.78 Å². The molecule has 0 bridgehead atoms. The molecule has 0 saturated carbocycles. The highest BCUT2D eigenvalue weighted by molar-refractivity contribution is 6.31. The molecule has 2 fully saturated rings. The Bertz CT molecular complexity index is 1600. The van der Waals surface area contributed by atoms with Gasteiger partial charge in [-0.2, -0.15) is 0 Å². The van der Waals surface area contributed by atoms with E-state index in [0.29, 0.717) is 0 Å². The van der Waals surface area contributed by atoms with Crippen molar-refractivity contribution in [3.05, 3.63) is 51.6 Å². The van der Waals surface area contributed by atoms with Crippen LogP contribution in [0.2, 0.25) is 0 Å². The number of benzene rings is 2. The number of rotatable bonds is 6. The van der Waals surface area contributed by atoms with Gasteiger partial charge >= 0.3 is 0 Å². The van der Waals surface area contributed by atoms with E-state index in [4.69, 9.17) is 29.4 Å². The van der Waals surface area contributed by atoms with Gasteiger partial charge in [-0.15, -0.1) is 0 Å². The third-order valence-electron chi connectivity index (χ3n) is 9.75. The predicted molar refractivity (Wildman–Crippen MR) is 160 cm³/mol. The summed E-state index contributed by atoms with van der Waals surface area (Å²) in [6, 6.07) is 3.74. The molecule has 2 heterocycles. The highest BCUT2D eigenvalue weighted by Gasteiger charge is 2.50. The molecule has 2 aromatic carbocycles. The van der Waals surface area contributed by atoms with Crippen molar-refractivity contribution in [1.29, 1.82) is 0 Å². The molecule has 47 heavy (non-hydrogen) atoms. The van der Waals surface area contributed by atoms with Crippen molar-refractivity contribution in [3.63, 3.8) is 0 Å². The maximum Gasteiger partial charge on any atom is 0.202 e. The molecule has 0 unspecified atom stereocenters. The van der Waals surface area contributed by atoms with Crippen LogP contribution in [0.3, 0.4) is 0 Å². The molecular weight excluding hydrogens is 618 g/mol. The third kappa shape index (κ3) is 5.52. The predicted octanol–water partition coefficient (Wildman–Crippen LogP) is 0.910. The monoisotopic (exact) mass is 657 g/mol. The fourth-order valence-electron chi connectivity index (χ4n) is 7.15. The van der Waals surface area contributed by atoms with Gasteiger partial charge in [-0.3, -0.25) is 14.4 Å². The first-order valence-electron chi connectivity index (χ1n) is 15.5. The lowest BCUT2D eigenvalue weighted by Crippen LogP contribution is -2.56. The van der Waals surface area contributed by atoms with Gasteiger partial charge in [-0.25, -0.2) is 0 Å². The number of aliphatic hydroxyl groups excluding tert-OH is 2. The topological polar surface area (TPSA) is 225 Å². The second kappa shape index (κ2) is 12.2. The number of carbonyl (C=O) groups excluding carboxylic acids is 3. The molecule has 2 aliphatic carbocycles. The molecule has 6 rings (SSSR count). The first kappa shape index (κ1) is 33.4. The second-order valence-electron chi connectivity index (χ2n) is 12.8. The first-order chi connectivity index (χ1) is 22.2.